The summed E-state index contributed by atoms with van der Waals surface area (Å²) in [6.07, 6.45) is 0.303. The van der Waals surface area contributed by atoms with Crippen molar-refractivity contribution in [3.8, 4) is 11.5 Å². The predicted octanol–water partition coefficient (Wildman–Crippen LogP) is 1.38. The summed E-state index contributed by atoms with van der Waals surface area (Å²) in [4.78, 5) is 22.3. The highest BCUT2D eigenvalue weighted by Gasteiger charge is 2.16. The van der Waals surface area contributed by atoms with E-state index in [1.54, 1.807) is 19.1 Å². The Labute approximate surface area is 111 Å². The molecule has 0 aliphatic carbocycles. The van der Waals surface area contributed by atoms with Gasteiger partial charge in [-0.1, -0.05) is 6.07 Å². The zero-order valence-corrected chi connectivity index (χ0v) is 10.8. The zero-order chi connectivity index (χ0) is 14.4. The van der Waals surface area contributed by atoms with Gasteiger partial charge in [-0.2, -0.15) is 0 Å². The minimum Gasteiger partial charge on any atom is -0.504 e. The third-order valence-electron chi connectivity index (χ3n) is 2.63. The molecule has 0 aliphatic heterocycles. The quantitative estimate of drug-likeness (QED) is 0.723. The zero-order valence-electron chi connectivity index (χ0n) is 10.8. The molecule has 1 amide bonds. The Kier molecular flexibility index (Phi) is 5.17. The van der Waals surface area contributed by atoms with E-state index in [0.29, 0.717) is 6.42 Å². The molecular formula is C13H17NO5. The molecule has 0 bridgehead atoms. The van der Waals surface area contributed by atoms with Crippen LogP contribution >= 0.6 is 0 Å². The lowest BCUT2D eigenvalue weighted by molar-refractivity contribution is -0.137. The lowest BCUT2D eigenvalue weighted by Gasteiger charge is -2.14. The lowest BCUT2D eigenvalue weighted by Crippen LogP contribution is -2.33. The van der Waals surface area contributed by atoms with Gasteiger partial charge in [-0.15, -0.1) is 0 Å². The molecule has 1 atom stereocenters. The second-order valence-corrected chi connectivity index (χ2v) is 4.16. The fourth-order valence-corrected chi connectivity index (χ4v) is 1.58. The van der Waals surface area contributed by atoms with Crippen LogP contribution in [0.1, 0.15) is 30.1 Å². The summed E-state index contributed by atoms with van der Waals surface area (Å²) in [5.74, 6) is -1.39. The SMILES string of the molecule is COc1cccc(C(=O)NC(C)CCC(=O)O)c1O. The van der Waals surface area contributed by atoms with Gasteiger partial charge in [-0.05, 0) is 25.5 Å². The number of carbonyl (C=O) groups excluding carboxylic acids is 1. The highest BCUT2D eigenvalue weighted by Crippen LogP contribution is 2.29. The van der Waals surface area contributed by atoms with Crippen molar-refractivity contribution in [2.45, 2.75) is 25.8 Å². The Hall–Kier alpha value is -2.24. The molecule has 1 unspecified atom stereocenters. The van der Waals surface area contributed by atoms with Gasteiger partial charge >= 0.3 is 5.97 Å². The van der Waals surface area contributed by atoms with E-state index in [1.807, 2.05) is 0 Å². The van der Waals surface area contributed by atoms with E-state index in [-0.39, 0.29) is 29.5 Å². The second kappa shape index (κ2) is 6.63. The molecule has 6 heteroatoms. The van der Waals surface area contributed by atoms with Gasteiger partial charge in [-0.3, -0.25) is 9.59 Å². The summed E-state index contributed by atoms with van der Waals surface area (Å²) in [5.41, 5.74) is 0.0986. The molecule has 0 fully saturated rings. The molecule has 1 rings (SSSR count). The smallest absolute Gasteiger partial charge is 0.303 e. The molecule has 1 aromatic carbocycles. The van der Waals surface area contributed by atoms with Gasteiger partial charge in [-0.25, -0.2) is 0 Å². The molecule has 0 radical (unpaired) electrons. The van der Waals surface area contributed by atoms with Crippen molar-refractivity contribution in [2.75, 3.05) is 7.11 Å². The van der Waals surface area contributed by atoms with Gasteiger partial charge in [0.05, 0.1) is 12.7 Å². The van der Waals surface area contributed by atoms with Crippen molar-refractivity contribution in [2.24, 2.45) is 0 Å². The number of carboxylic acid groups (broad SMARTS) is 1. The van der Waals surface area contributed by atoms with Crippen molar-refractivity contribution in [1.82, 2.24) is 5.32 Å². The van der Waals surface area contributed by atoms with E-state index in [1.165, 1.54) is 13.2 Å². The Morgan fingerprint density at radius 3 is 2.68 bits per heavy atom. The van der Waals surface area contributed by atoms with Gasteiger partial charge < -0.3 is 20.3 Å². The topological polar surface area (TPSA) is 95.9 Å². The predicted molar refractivity (Wildman–Crippen MR) is 68.5 cm³/mol. The molecular weight excluding hydrogens is 250 g/mol. The summed E-state index contributed by atoms with van der Waals surface area (Å²) < 4.78 is 4.91. The number of hydrogen-bond donors (Lipinski definition) is 3. The largest absolute Gasteiger partial charge is 0.504 e. The van der Waals surface area contributed by atoms with E-state index >= 15 is 0 Å². The average Bonchev–Trinajstić information content (AvgIpc) is 2.36. The van der Waals surface area contributed by atoms with Crippen LogP contribution in [0.2, 0.25) is 0 Å². The Bertz CT molecular complexity index is 472. The van der Waals surface area contributed by atoms with Crippen LogP contribution in [0, 0.1) is 0 Å². The highest BCUT2D eigenvalue weighted by atomic mass is 16.5. The molecule has 0 aliphatic rings. The number of carbonyl (C=O) groups is 2. The molecule has 0 aromatic heterocycles. The van der Waals surface area contributed by atoms with Crippen LogP contribution < -0.4 is 10.1 Å². The number of hydrogen-bond acceptors (Lipinski definition) is 4. The number of aliphatic carboxylic acids is 1. The molecule has 19 heavy (non-hydrogen) atoms. The summed E-state index contributed by atoms with van der Waals surface area (Å²) in [5, 5.41) is 21.0. The lowest BCUT2D eigenvalue weighted by atomic mass is 10.1. The van der Waals surface area contributed by atoms with E-state index in [0.717, 1.165) is 0 Å². The van der Waals surface area contributed by atoms with Crippen LogP contribution in [0.5, 0.6) is 11.5 Å². The molecule has 6 nitrogen and oxygen atoms in total. The maximum atomic E-state index is 11.9. The Morgan fingerprint density at radius 1 is 1.42 bits per heavy atom. The number of aromatic hydroxyl groups is 1. The first-order valence-electron chi connectivity index (χ1n) is 5.84. The van der Waals surface area contributed by atoms with Crippen LogP contribution in [0.4, 0.5) is 0 Å². The van der Waals surface area contributed by atoms with Crippen molar-refractivity contribution in [3.63, 3.8) is 0 Å². The number of amides is 1. The number of ether oxygens (including phenoxy) is 1. The van der Waals surface area contributed by atoms with Gasteiger partial charge in [0.2, 0.25) is 0 Å². The minimum absolute atomic E-state index is 0.0223. The summed E-state index contributed by atoms with van der Waals surface area (Å²) in [6, 6.07) is 4.31. The van der Waals surface area contributed by atoms with Crippen LogP contribution in [-0.2, 0) is 4.79 Å². The number of nitrogens with one attached hydrogen (secondary N) is 1. The number of para-hydroxylation sites is 1. The number of methoxy groups -OCH3 is 1. The highest BCUT2D eigenvalue weighted by molar-refractivity contribution is 5.97. The van der Waals surface area contributed by atoms with Crippen LogP contribution in [-0.4, -0.2) is 35.2 Å². The van der Waals surface area contributed by atoms with Crippen molar-refractivity contribution in [3.05, 3.63) is 23.8 Å². The van der Waals surface area contributed by atoms with Gasteiger partial charge in [0.25, 0.3) is 5.91 Å². The number of benzene rings is 1. The maximum Gasteiger partial charge on any atom is 0.303 e. The summed E-state index contributed by atoms with van der Waals surface area (Å²) in [7, 11) is 1.40. The minimum atomic E-state index is -0.912. The number of rotatable bonds is 6. The maximum absolute atomic E-state index is 11.9. The Balaban J connectivity index is 2.70. The average molecular weight is 267 g/mol. The molecule has 104 valence electrons. The van der Waals surface area contributed by atoms with E-state index in [4.69, 9.17) is 9.84 Å². The van der Waals surface area contributed by atoms with Gasteiger partial charge in [0.15, 0.2) is 11.5 Å². The van der Waals surface area contributed by atoms with Crippen molar-refractivity contribution in [1.29, 1.82) is 0 Å². The van der Waals surface area contributed by atoms with Crippen LogP contribution in [0.15, 0.2) is 18.2 Å². The number of carboxylic acids is 1. The molecule has 3 N–H and O–H groups in total. The van der Waals surface area contributed by atoms with Crippen LogP contribution in [0.25, 0.3) is 0 Å². The monoisotopic (exact) mass is 267 g/mol. The van der Waals surface area contributed by atoms with E-state index < -0.39 is 11.9 Å². The third-order valence-corrected chi connectivity index (χ3v) is 2.63. The number of phenols is 1. The van der Waals surface area contributed by atoms with Crippen molar-refractivity contribution < 1.29 is 24.5 Å². The van der Waals surface area contributed by atoms with Crippen molar-refractivity contribution >= 4 is 11.9 Å². The molecule has 0 saturated carbocycles. The molecule has 1 aromatic rings. The van der Waals surface area contributed by atoms with Crippen LogP contribution in [0.3, 0.4) is 0 Å². The second-order valence-electron chi connectivity index (χ2n) is 4.16. The third kappa shape index (κ3) is 4.17. The van der Waals surface area contributed by atoms with Gasteiger partial charge in [0, 0.05) is 12.5 Å². The number of phenolic OH excluding ortho intramolecular Hbond substituents is 1. The molecule has 0 saturated heterocycles. The first-order valence-corrected chi connectivity index (χ1v) is 5.84. The fraction of sp³-hybridized carbons (Fsp3) is 0.385. The Morgan fingerprint density at radius 2 is 2.11 bits per heavy atom. The fourth-order valence-electron chi connectivity index (χ4n) is 1.58. The summed E-state index contributed by atoms with van der Waals surface area (Å²) >= 11 is 0. The van der Waals surface area contributed by atoms with Gasteiger partial charge in [0.1, 0.15) is 0 Å². The first kappa shape index (κ1) is 14.8. The molecule has 0 spiro atoms. The molecule has 0 heterocycles. The standard InChI is InChI=1S/C13H17NO5/c1-8(6-7-11(15)16)14-13(18)9-4-3-5-10(19-2)12(9)17/h3-5,8,17H,6-7H2,1-2H3,(H,14,18)(H,15,16). The van der Waals surface area contributed by atoms with E-state index in [2.05, 4.69) is 5.32 Å². The first-order chi connectivity index (χ1) is 8.95. The van der Waals surface area contributed by atoms with E-state index in [9.17, 15) is 14.7 Å². The normalized spacial score (nSPS) is 11.7. The summed E-state index contributed by atoms with van der Waals surface area (Å²) in [6.45, 7) is 1.71.